The summed E-state index contributed by atoms with van der Waals surface area (Å²) in [5.41, 5.74) is 0. The molecule has 4 nitrogen and oxygen atoms in total. The molecule has 1 aromatic rings. The molecule has 0 N–H and O–H groups in total. The molecule has 6 heteroatoms. The van der Waals surface area contributed by atoms with Gasteiger partial charge in [0.15, 0.2) is 6.10 Å². The minimum Gasteiger partial charge on any atom is -0.467 e. The van der Waals surface area contributed by atoms with Gasteiger partial charge in [0.1, 0.15) is 0 Å². The van der Waals surface area contributed by atoms with Gasteiger partial charge < -0.3 is 9.47 Å². The number of nitrogens with zero attached hydrogens (tertiary/aromatic N) is 1. The summed E-state index contributed by atoms with van der Waals surface area (Å²) in [6, 6.07) is 4.14. The standard InChI is InChI=1S/C12H16BrNO3S/c1-8-5-14(6-9-3-4-11(13)18-9)7-10(17-8)12(15)16-2/h3-4,8,10H,5-7H2,1-2H3/t8-,10?/m1/s1. The molecule has 0 saturated carbocycles. The zero-order valence-electron chi connectivity index (χ0n) is 10.4. The van der Waals surface area contributed by atoms with E-state index in [1.807, 2.05) is 13.0 Å². The molecule has 0 radical (unpaired) electrons. The van der Waals surface area contributed by atoms with E-state index in [9.17, 15) is 4.79 Å². The van der Waals surface area contributed by atoms with E-state index in [0.717, 1.165) is 16.9 Å². The first-order valence-corrected chi connectivity index (χ1v) is 7.39. The molecule has 1 fully saturated rings. The van der Waals surface area contributed by atoms with Gasteiger partial charge in [-0.2, -0.15) is 0 Å². The number of morpholine rings is 1. The highest BCUT2D eigenvalue weighted by Crippen LogP contribution is 2.24. The Morgan fingerprint density at radius 1 is 1.61 bits per heavy atom. The van der Waals surface area contributed by atoms with E-state index in [0.29, 0.717) is 6.54 Å². The first-order chi connectivity index (χ1) is 8.58. The van der Waals surface area contributed by atoms with Crippen LogP contribution in [0.5, 0.6) is 0 Å². The van der Waals surface area contributed by atoms with Crippen molar-refractivity contribution in [3.8, 4) is 0 Å². The van der Waals surface area contributed by atoms with Crippen LogP contribution in [0.25, 0.3) is 0 Å². The molecule has 1 aliphatic rings. The van der Waals surface area contributed by atoms with Crippen LogP contribution in [0.2, 0.25) is 0 Å². The Kier molecular flexibility index (Phi) is 4.77. The van der Waals surface area contributed by atoms with E-state index >= 15 is 0 Å². The number of carbonyl (C=O) groups is 1. The number of rotatable bonds is 3. The number of ether oxygens (including phenoxy) is 2. The largest absolute Gasteiger partial charge is 0.467 e. The molecule has 18 heavy (non-hydrogen) atoms. The Morgan fingerprint density at radius 2 is 2.39 bits per heavy atom. The third kappa shape index (κ3) is 3.54. The quantitative estimate of drug-likeness (QED) is 0.795. The second-order valence-electron chi connectivity index (χ2n) is 4.36. The molecule has 2 rings (SSSR count). The summed E-state index contributed by atoms with van der Waals surface area (Å²) in [4.78, 5) is 15.0. The van der Waals surface area contributed by atoms with Gasteiger partial charge in [-0.1, -0.05) is 0 Å². The highest BCUT2D eigenvalue weighted by atomic mass is 79.9. The number of thiophene rings is 1. The van der Waals surface area contributed by atoms with Crippen LogP contribution < -0.4 is 0 Å². The summed E-state index contributed by atoms with van der Waals surface area (Å²) >= 11 is 5.17. The summed E-state index contributed by atoms with van der Waals surface area (Å²) in [6.45, 7) is 4.25. The zero-order chi connectivity index (χ0) is 13.1. The van der Waals surface area contributed by atoms with Crippen LogP contribution in [0.4, 0.5) is 0 Å². The zero-order valence-corrected chi connectivity index (χ0v) is 12.8. The summed E-state index contributed by atoms with van der Waals surface area (Å²) in [7, 11) is 1.39. The molecular formula is C12H16BrNO3S. The Bertz CT molecular complexity index is 423. The molecule has 2 atom stereocenters. The van der Waals surface area contributed by atoms with Crippen molar-refractivity contribution in [1.82, 2.24) is 4.90 Å². The van der Waals surface area contributed by atoms with Crippen molar-refractivity contribution in [1.29, 1.82) is 0 Å². The molecular weight excluding hydrogens is 318 g/mol. The third-order valence-corrected chi connectivity index (χ3v) is 4.42. The summed E-state index contributed by atoms with van der Waals surface area (Å²) in [5.74, 6) is -0.293. The Hall–Kier alpha value is -0.430. The normalized spacial score (nSPS) is 25.1. The van der Waals surface area contributed by atoms with E-state index < -0.39 is 6.10 Å². The van der Waals surface area contributed by atoms with Gasteiger partial charge in [-0.3, -0.25) is 4.90 Å². The fourth-order valence-electron chi connectivity index (χ4n) is 2.09. The number of halogens is 1. The van der Waals surface area contributed by atoms with Crippen molar-refractivity contribution in [3.05, 3.63) is 20.8 Å². The molecule has 1 aromatic heterocycles. The van der Waals surface area contributed by atoms with Crippen LogP contribution in [0.3, 0.4) is 0 Å². The van der Waals surface area contributed by atoms with E-state index in [1.165, 1.54) is 12.0 Å². The number of methoxy groups -OCH3 is 1. The molecule has 100 valence electrons. The smallest absolute Gasteiger partial charge is 0.336 e. The van der Waals surface area contributed by atoms with E-state index in [2.05, 4.69) is 26.9 Å². The minimum absolute atomic E-state index is 0.0475. The van der Waals surface area contributed by atoms with Gasteiger partial charge in [-0.15, -0.1) is 11.3 Å². The maximum atomic E-state index is 11.5. The Morgan fingerprint density at radius 3 is 3.00 bits per heavy atom. The predicted molar refractivity (Wildman–Crippen MR) is 73.6 cm³/mol. The topological polar surface area (TPSA) is 38.8 Å². The second kappa shape index (κ2) is 6.14. The summed E-state index contributed by atoms with van der Waals surface area (Å²) < 4.78 is 11.5. The molecule has 0 spiro atoms. The molecule has 2 heterocycles. The summed E-state index contributed by atoms with van der Waals surface area (Å²) in [6.07, 6.45) is -0.423. The van der Waals surface area contributed by atoms with Crippen molar-refractivity contribution in [2.24, 2.45) is 0 Å². The van der Waals surface area contributed by atoms with E-state index in [1.54, 1.807) is 11.3 Å². The number of carbonyl (C=O) groups excluding carboxylic acids is 1. The van der Waals surface area contributed by atoms with Crippen molar-refractivity contribution < 1.29 is 14.3 Å². The number of hydrogen-bond donors (Lipinski definition) is 0. The highest BCUT2D eigenvalue weighted by Gasteiger charge is 2.31. The van der Waals surface area contributed by atoms with Crippen LogP contribution in [0.1, 0.15) is 11.8 Å². The Balaban J connectivity index is 1.98. The van der Waals surface area contributed by atoms with Crippen molar-refractivity contribution >= 4 is 33.2 Å². The fourth-order valence-corrected chi connectivity index (χ4v) is 3.61. The van der Waals surface area contributed by atoms with Crippen LogP contribution in [-0.2, 0) is 20.8 Å². The van der Waals surface area contributed by atoms with Crippen LogP contribution in [0.15, 0.2) is 15.9 Å². The second-order valence-corrected chi connectivity index (χ2v) is 6.91. The lowest BCUT2D eigenvalue weighted by Gasteiger charge is -2.35. The first-order valence-electron chi connectivity index (χ1n) is 5.78. The molecule has 0 aliphatic carbocycles. The van der Waals surface area contributed by atoms with Gasteiger partial charge in [-0.05, 0) is 35.0 Å². The van der Waals surface area contributed by atoms with Gasteiger partial charge in [0, 0.05) is 24.5 Å². The molecule has 0 amide bonds. The van der Waals surface area contributed by atoms with Crippen LogP contribution in [-0.4, -0.2) is 43.3 Å². The summed E-state index contributed by atoms with van der Waals surface area (Å²) in [5, 5.41) is 0. The molecule has 1 saturated heterocycles. The van der Waals surface area contributed by atoms with Gasteiger partial charge >= 0.3 is 5.97 Å². The van der Waals surface area contributed by atoms with Crippen LogP contribution >= 0.6 is 27.3 Å². The molecule has 0 aromatic carbocycles. The molecule has 1 unspecified atom stereocenters. The SMILES string of the molecule is COC(=O)C1CN(Cc2ccc(Br)s2)C[C@@H](C)O1. The van der Waals surface area contributed by atoms with Crippen molar-refractivity contribution in [2.75, 3.05) is 20.2 Å². The average molecular weight is 334 g/mol. The lowest BCUT2D eigenvalue weighted by molar-refractivity contribution is -0.166. The lowest BCUT2D eigenvalue weighted by atomic mass is 10.2. The Labute approximate surface area is 119 Å². The highest BCUT2D eigenvalue weighted by molar-refractivity contribution is 9.11. The molecule has 1 aliphatic heterocycles. The number of hydrogen-bond acceptors (Lipinski definition) is 5. The van der Waals surface area contributed by atoms with Gasteiger partial charge in [0.2, 0.25) is 0 Å². The van der Waals surface area contributed by atoms with Gasteiger partial charge in [0.05, 0.1) is 17.0 Å². The lowest BCUT2D eigenvalue weighted by Crippen LogP contribution is -2.49. The predicted octanol–water partition coefficient (Wildman–Crippen LogP) is 2.27. The number of esters is 1. The van der Waals surface area contributed by atoms with Gasteiger partial charge in [-0.25, -0.2) is 4.79 Å². The maximum Gasteiger partial charge on any atom is 0.336 e. The van der Waals surface area contributed by atoms with Gasteiger partial charge in [0.25, 0.3) is 0 Å². The van der Waals surface area contributed by atoms with E-state index in [-0.39, 0.29) is 12.1 Å². The monoisotopic (exact) mass is 333 g/mol. The van der Waals surface area contributed by atoms with Crippen molar-refractivity contribution in [3.63, 3.8) is 0 Å². The van der Waals surface area contributed by atoms with E-state index in [4.69, 9.17) is 9.47 Å². The minimum atomic E-state index is -0.470. The average Bonchev–Trinajstić information content (AvgIpc) is 2.73. The fraction of sp³-hybridized carbons (Fsp3) is 0.583. The maximum absolute atomic E-state index is 11.5. The van der Waals surface area contributed by atoms with Crippen LogP contribution in [0, 0.1) is 0 Å². The van der Waals surface area contributed by atoms with Crippen molar-refractivity contribution in [2.45, 2.75) is 25.7 Å². The first kappa shape index (κ1) is 14.0. The molecule has 0 bridgehead atoms. The third-order valence-electron chi connectivity index (χ3n) is 2.81.